The first-order valence-electron chi connectivity index (χ1n) is 8.02. The molecule has 2 heterocycles. The maximum atomic E-state index is 13.0. The number of thioether (sulfide) groups is 2. The summed E-state index contributed by atoms with van der Waals surface area (Å²) in [7, 11) is 1.57. The van der Waals surface area contributed by atoms with Gasteiger partial charge in [-0.25, -0.2) is 4.98 Å². The molecule has 1 aromatic carbocycles. The van der Waals surface area contributed by atoms with Crippen molar-refractivity contribution in [3.8, 4) is 0 Å². The summed E-state index contributed by atoms with van der Waals surface area (Å²) in [5.41, 5.74) is -0.658. The number of hydrogen-bond acceptors (Lipinski definition) is 5. The lowest BCUT2D eigenvalue weighted by Gasteiger charge is -2.13. The van der Waals surface area contributed by atoms with Crippen LogP contribution in [0.3, 0.4) is 0 Å². The molecule has 10 heteroatoms. The monoisotopic (exact) mass is 415 g/mol. The van der Waals surface area contributed by atoms with Gasteiger partial charge < -0.3 is 5.32 Å². The highest BCUT2D eigenvalue weighted by Gasteiger charge is 2.33. The van der Waals surface area contributed by atoms with Gasteiger partial charge in [-0.3, -0.25) is 14.2 Å². The number of alkyl halides is 3. The molecular weight excluding hydrogens is 399 g/mol. The van der Waals surface area contributed by atoms with Crippen molar-refractivity contribution in [2.45, 2.75) is 34.8 Å². The summed E-state index contributed by atoms with van der Waals surface area (Å²) in [6.07, 6.45) is -3.88. The quantitative estimate of drug-likeness (QED) is 0.611. The Morgan fingerprint density at radius 2 is 2.11 bits per heavy atom. The second kappa shape index (κ2) is 7.59. The zero-order valence-corrected chi connectivity index (χ0v) is 16.1. The molecule has 0 unspecified atom stereocenters. The van der Waals surface area contributed by atoms with Gasteiger partial charge in [-0.1, -0.05) is 30.8 Å². The van der Waals surface area contributed by atoms with Crippen LogP contribution in [0.25, 0.3) is 0 Å². The summed E-state index contributed by atoms with van der Waals surface area (Å²) in [6.45, 7) is 2.00. The maximum absolute atomic E-state index is 13.0. The van der Waals surface area contributed by atoms with Crippen LogP contribution >= 0.6 is 23.5 Å². The maximum Gasteiger partial charge on any atom is 0.418 e. The fourth-order valence-corrected chi connectivity index (χ4v) is 4.59. The number of nitrogens with zero attached hydrogens (tertiary/aromatic N) is 2. The predicted molar refractivity (Wildman–Crippen MR) is 99.3 cm³/mol. The molecule has 1 aliphatic rings. The Kier molecular flexibility index (Phi) is 5.57. The molecule has 0 spiro atoms. The molecule has 5 nitrogen and oxygen atoms in total. The Labute approximate surface area is 161 Å². The highest BCUT2D eigenvalue weighted by molar-refractivity contribution is 8.00. The molecule has 1 aliphatic heterocycles. The van der Waals surface area contributed by atoms with Crippen LogP contribution in [0.4, 0.5) is 18.9 Å². The Balaban J connectivity index is 1.72. The number of para-hydroxylation sites is 1. The van der Waals surface area contributed by atoms with E-state index in [1.165, 1.54) is 34.5 Å². The zero-order chi connectivity index (χ0) is 19.8. The number of carbonyl (C=O) groups is 1. The van der Waals surface area contributed by atoms with E-state index in [1.54, 1.807) is 7.05 Å². The summed E-state index contributed by atoms with van der Waals surface area (Å²) < 4.78 is 40.4. The SMILES string of the molecule is C[C@@H]1Cc2nc(SCC(=O)Nc3ccccc3C(F)(F)F)n(C)c(=O)c2S1. The summed E-state index contributed by atoms with van der Waals surface area (Å²) >= 11 is 2.50. The average Bonchev–Trinajstić information content (AvgIpc) is 2.97. The van der Waals surface area contributed by atoms with E-state index < -0.39 is 17.6 Å². The first-order valence-corrected chi connectivity index (χ1v) is 9.88. The van der Waals surface area contributed by atoms with Crippen molar-refractivity contribution in [3.63, 3.8) is 0 Å². The number of carbonyl (C=O) groups excluding carboxylic acids is 1. The summed E-state index contributed by atoms with van der Waals surface area (Å²) in [4.78, 5) is 29.6. The fraction of sp³-hybridized carbons (Fsp3) is 0.353. The minimum Gasteiger partial charge on any atom is -0.325 e. The number of nitrogens with one attached hydrogen (secondary N) is 1. The summed E-state index contributed by atoms with van der Waals surface area (Å²) in [5.74, 6) is -0.761. The van der Waals surface area contributed by atoms with Crippen molar-refractivity contribution in [2.24, 2.45) is 7.05 Å². The van der Waals surface area contributed by atoms with E-state index in [9.17, 15) is 22.8 Å². The zero-order valence-electron chi connectivity index (χ0n) is 14.5. The third-order valence-electron chi connectivity index (χ3n) is 3.92. The van der Waals surface area contributed by atoms with Gasteiger partial charge >= 0.3 is 6.18 Å². The average molecular weight is 415 g/mol. The molecule has 1 amide bonds. The first-order chi connectivity index (χ1) is 12.7. The Hall–Kier alpha value is -1.94. The number of hydrogen-bond donors (Lipinski definition) is 1. The van der Waals surface area contributed by atoms with Gasteiger partial charge in [-0.15, -0.1) is 11.8 Å². The van der Waals surface area contributed by atoms with Crippen LogP contribution in [0.2, 0.25) is 0 Å². The molecule has 0 radical (unpaired) electrons. The Morgan fingerprint density at radius 1 is 1.41 bits per heavy atom. The van der Waals surface area contributed by atoms with E-state index in [1.807, 2.05) is 6.92 Å². The highest BCUT2D eigenvalue weighted by Crippen LogP contribution is 2.35. The van der Waals surface area contributed by atoms with E-state index in [-0.39, 0.29) is 22.2 Å². The van der Waals surface area contributed by atoms with Crippen LogP contribution in [0, 0.1) is 0 Å². The largest absolute Gasteiger partial charge is 0.418 e. The van der Waals surface area contributed by atoms with Gasteiger partial charge in [0.2, 0.25) is 5.91 Å². The van der Waals surface area contributed by atoms with Crippen molar-refractivity contribution >= 4 is 35.1 Å². The molecule has 3 rings (SSSR count). The molecule has 0 saturated heterocycles. The molecule has 144 valence electrons. The Morgan fingerprint density at radius 3 is 2.81 bits per heavy atom. The smallest absolute Gasteiger partial charge is 0.325 e. The van der Waals surface area contributed by atoms with Crippen LogP contribution in [0.15, 0.2) is 39.1 Å². The van der Waals surface area contributed by atoms with Crippen molar-refractivity contribution < 1.29 is 18.0 Å². The van der Waals surface area contributed by atoms with Crippen LogP contribution in [-0.2, 0) is 24.4 Å². The van der Waals surface area contributed by atoms with Gasteiger partial charge in [0, 0.05) is 18.7 Å². The lowest BCUT2D eigenvalue weighted by atomic mass is 10.1. The van der Waals surface area contributed by atoms with Crippen molar-refractivity contribution in [2.75, 3.05) is 11.1 Å². The standard InChI is InChI=1S/C17H16F3N3O2S2/c1-9-7-12-14(27-9)15(25)23(2)16(22-12)26-8-13(24)21-11-6-4-3-5-10(11)17(18,19)20/h3-6,9H,7-8H2,1-2H3,(H,21,24)/t9-/m1/s1. The number of rotatable bonds is 4. The van der Waals surface area contributed by atoms with E-state index in [0.29, 0.717) is 22.2 Å². The molecule has 1 N–H and O–H groups in total. The minimum atomic E-state index is -4.56. The molecule has 1 atom stereocenters. The van der Waals surface area contributed by atoms with Gasteiger partial charge in [0.05, 0.1) is 27.6 Å². The molecule has 1 aromatic heterocycles. The van der Waals surface area contributed by atoms with Crippen LogP contribution in [-0.4, -0.2) is 26.5 Å². The van der Waals surface area contributed by atoms with Gasteiger partial charge in [0.15, 0.2) is 5.16 Å². The third kappa shape index (κ3) is 4.32. The van der Waals surface area contributed by atoms with Gasteiger partial charge in [-0.05, 0) is 12.1 Å². The number of fused-ring (bicyclic) bond motifs is 1. The van der Waals surface area contributed by atoms with Gasteiger partial charge in [-0.2, -0.15) is 13.2 Å². The second-order valence-corrected chi connectivity index (χ2v) is 8.44. The number of aromatic nitrogens is 2. The van der Waals surface area contributed by atoms with Gasteiger partial charge in [0.25, 0.3) is 5.56 Å². The topological polar surface area (TPSA) is 64.0 Å². The minimum absolute atomic E-state index is 0.159. The van der Waals surface area contributed by atoms with Crippen LogP contribution < -0.4 is 10.9 Å². The number of anilines is 1. The highest BCUT2D eigenvalue weighted by atomic mass is 32.2. The molecule has 0 saturated carbocycles. The molecule has 2 aromatic rings. The molecule has 0 bridgehead atoms. The lowest BCUT2D eigenvalue weighted by Crippen LogP contribution is -2.23. The third-order valence-corrected chi connectivity index (χ3v) is 6.16. The Bertz CT molecular complexity index is 944. The van der Waals surface area contributed by atoms with Crippen LogP contribution in [0.5, 0.6) is 0 Å². The molecule has 0 fully saturated rings. The molecule has 27 heavy (non-hydrogen) atoms. The van der Waals surface area contributed by atoms with Gasteiger partial charge in [0.1, 0.15) is 0 Å². The first kappa shape index (κ1) is 19.8. The normalized spacial score (nSPS) is 16.3. The van der Waals surface area contributed by atoms with E-state index in [4.69, 9.17) is 0 Å². The van der Waals surface area contributed by atoms with E-state index in [0.717, 1.165) is 17.8 Å². The summed E-state index contributed by atoms with van der Waals surface area (Å²) in [5, 5.41) is 2.92. The number of amides is 1. The van der Waals surface area contributed by atoms with Crippen molar-refractivity contribution in [1.29, 1.82) is 0 Å². The number of halogens is 3. The number of benzene rings is 1. The van der Waals surface area contributed by atoms with E-state index in [2.05, 4.69) is 10.3 Å². The molecule has 0 aliphatic carbocycles. The predicted octanol–water partition coefficient (Wildman–Crippen LogP) is 3.57. The lowest BCUT2D eigenvalue weighted by molar-refractivity contribution is -0.137. The van der Waals surface area contributed by atoms with Crippen molar-refractivity contribution in [1.82, 2.24) is 9.55 Å². The summed E-state index contributed by atoms with van der Waals surface area (Å²) in [6, 6.07) is 4.79. The molecular formula is C17H16F3N3O2S2. The van der Waals surface area contributed by atoms with Crippen molar-refractivity contribution in [3.05, 3.63) is 45.9 Å². The van der Waals surface area contributed by atoms with Crippen LogP contribution in [0.1, 0.15) is 18.2 Å². The fourth-order valence-electron chi connectivity index (χ4n) is 2.66. The second-order valence-electron chi connectivity index (χ2n) is 6.05. The van der Waals surface area contributed by atoms with E-state index >= 15 is 0 Å².